The third kappa shape index (κ3) is 1.95. The summed E-state index contributed by atoms with van der Waals surface area (Å²) in [4.78, 5) is 0. The molecule has 0 aromatic rings. The molecule has 0 spiro atoms. The van der Waals surface area contributed by atoms with Gasteiger partial charge in [-0.1, -0.05) is 0 Å². The molecule has 0 bridgehead atoms. The Morgan fingerprint density at radius 3 is 2.67 bits per heavy atom. The highest BCUT2D eigenvalue weighted by Gasteiger charge is 2.31. The summed E-state index contributed by atoms with van der Waals surface area (Å²) in [6, 6.07) is 0. The van der Waals surface area contributed by atoms with Crippen molar-refractivity contribution < 1.29 is 25.2 Å². The lowest BCUT2D eigenvalue weighted by atomic mass is 10.1. The van der Waals surface area contributed by atoms with E-state index in [0.29, 0.717) is 0 Å². The Bertz CT molecular complexity index is 179. The minimum Gasteiger partial charge on any atom is -0.510 e. The number of aliphatic hydroxyl groups is 4. The van der Waals surface area contributed by atoms with Crippen molar-refractivity contribution in [1.82, 2.24) is 0 Å². The van der Waals surface area contributed by atoms with Crippen molar-refractivity contribution in [2.75, 3.05) is 6.61 Å². The molecule has 0 fully saturated rings. The van der Waals surface area contributed by atoms with Crippen LogP contribution in [0.25, 0.3) is 0 Å². The van der Waals surface area contributed by atoms with Crippen LogP contribution in [0.2, 0.25) is 0 Å². The zero-order valence-corrected chi connectivity index (χ0v) is 6.42. The Hall–Kier alpha value is -0.620. The Labute approximate surface area is 69.5 Å². The zero-order chi connectivity index (χ0) is 9.14. The van der Waals surface area contributed by atoms with Crippen LogP contribution < -0.4 is 0 Å². The minimum atomic E-state index is -1.16. The summed E-state index contributed by atoms with van der Waals surface area (Å²) in [5.41, 5.74) is 0. The van der Waals surface area contributed by atoms with Gasteiger partial charge in [0, 0.05) is 12.7 Å². The van der Waals surface area contributed by atoms with Crippen molar-refractivity contribution in [3.8, 4) is 0 Å². The van der Waals surface area contributed by atoms with Gasteiger partial charge in [0.05, 0.1) is 6.10 Å². The van der Waals surface area contributed by atoms with E-state index in [9.17, 15) is 5.11 Å². The molecule has 2 unspecified atom stereocenters. The number of rotatable bonds is 3. The monoisotopic (exact) mass is 176 g/mol. The smallest absolute Gasteiger partial charge is 0.178 e. The van der Waals surface area contributed by atoms with Crippen molar-refractivity contribution in [3.05, 3.63) is 11.8 Å². The van der Waals surface area contributed by atoms with E-state index in [2.05, 4.69) is 0 Å². The number of aliphatic hydroxyl groups excluding tert-OH is 4. The average Bonchev–Trinajstić information content (AvgIpc) is 2.30. The largest absolute Gasteiger partial charge is 0.510 e. The van der Waals surface area contributed by atoms with Crippen molar-refractivity contribution in [2.45, 2.75) is 24.9 Å². The van der Waals surface area contributed by atoms with Gasteiger partial charge >= 0.3 is 0 Å². The second-order valence-corrected chi connectivity index (χ2v) is 2.62. The van der Waals surface area contributed by atoms with Gasteiger partial charge in [-0.15, -0.1) is 0 Å². The fraction of sp³-hybridized carbons (Fsp3) is 0.714. The molecular formula is C7H12O5. The van der Waals surface area contributed by atoms with Gasteiger partial charge in [-0.05, 0) is 6.42 Å². The Morgan fingerprint density at radius 2 is 2.25 bits per heavy atom. The van der Waals surface area contributed by atoms with Gasteiger partial charge in [0.25, 0.3) is 0 Å². The molecule has 5 heteroatoms. The van der Waals surface area contributed by atoms with E-state index in [1.807, 2.05) is 0 Å². The first-order valence-electron chi connectivity index (χ1n) is 3.68. The highest BCUT2D eigenvalue weighted by Crippen LogP contribution is 2.20. The summed E-state index contributed by atoms with van der Waals surface area (Å²) < 4.78 is 4.74. The Balaban J connectivity index is 2.48. The van der Waals surface area contributed by atoms with E-state index in [0.717, 1.165) is 6.08 Å². The third-order valence-electron chi connectivity index (χ3n) is 1.67. The molecule has 0 aromatic heterocycles. The molecule has 1 aliphatic heterocycles. The maximum Gasteiger partial charge on any atom is 0.178 e. The fourth-order valence-corrected chi connectivity index (χ4v) is 1.07. The van der Waals surface area contributed by atoms with Crippen molar-refractivity contribution in [3.63, 3.8) is 0 Å². The molecule has 5 nitrogen and oxygen atoms in total. The second kappa shape index (κ2) is 3.86. The minimum absolute atomic E-state index is 0.106. The van der Waals surface area contributed by atoms with Crippen molar-refractivity contribution >= 4 is 0 Å². The van der Waals surface area contributed by atoms with Gasteiger partial charge in [0.1, 0.15) is 11.9 Å². The topological polar surface area (TPSA) is 90.2 Å². The molecule has 0 amide bonds. The number of ether oxygens (including phenoxy) is 1. The van der Waals surface area contributed by atoms with Gasteiger partial charge < -0.3 is 25.2 Å². The molecule has 0 aromatic carbocycles. The van der Waals surface area contributed by atoms with E-state index in [-0.39, 0.29) is 18.8 Å². The van der Waals surface area contributed by atoms with E-state index < -0.39 is 18.5 Å². The normalized spacial score (nSPS) is 31.8. The Morgan fingerprint density at radius 1 is 1.58 bits per heavy atom. The zero-order valence-electron chi connectivity index (χ0n) is 6.42. The molecule has 1 aliphatic rings. The summed E-state index contributed by atoms with van der Waals surface area (Å²) >= 11 is 0. The lowest BCUT2D eigenvalue weighted by Gasteiger charge is -2.17. The molecule has 1 rings (SSSR count). The summed E-state index contributed by atoms with van der Waals surface area (Å²) in [5, 5.41) is 35.7. The van der Waals surface area contributed by atoms with Gasteiger partial charge in [-0.25, -0.2) is 0 Å². The van der Waals surface area contributed by atoms with Gasteiger partial charge in [0.2, 0.25) is 0 Å². The molecule has 1 heterocycles. The molecule has 70 valence electrons. The van der Waals surface area contributed by atoms with E-state index in [1.165, 1.54) is 0 Å². The quantitative estimate of drug-likeness (QED) is 0.437. The summed E-state index contributed by atoms with van der Waals surface area (Å²) in [6.45, 7) is -0.190. The van der Waals surface area contributed by atoms with Gasteiger partial charge in [-0.2, -0.15) is 0 Å². The highest BCUT2D eigenvalue weighted by molar-refractivity contribution is 5.08. The van der Waals surface area contributed by atoms with Crippen LogP contribution in [0.5, 0.6) is 0 Å². The van der Waals surface area contributed by atoms with Gasteiger partial charge in [-0.3, -0.25) is 0 Å². The standard InChI is InChI=1S/C7H12O5/c8-2-1-4(9)7-5(10)3-6(11)12-7/h3-4,6-11H,1-2H2/t4?,6?,7-/m1/s1. The molecular weight excluding hydrogens is 164 g/mol. The molecule has 4 N–H and O–H groups in total. The van der Waals surface area contributed by atoms with Crippen molar-refractivity contribution in [1.29, 1.82) is 0 Å². The molecule has 3 atom stereocenters. The van der Waals surface area contributed by atoms with Crippen LogP contribution in [-0.4, -0.2) is 45.5 Å². The lowest BCUT2D eigenvalue weighted by molar-refractivity contribution is -0.118. The van der Waals surface area contributed by atoms with Crippen LogP contribution in [-0.2, 0) is 4.74 Å². The predicted octanol–water partition coefficient (Wildman–Crippen LogP) is -1.11. The van der Waals surface area contributed by atoms with Crippen LogP contribution in [0.3, 0.4) is 0 Å². The molecule has 0 radical (unpaired) electrons. The van der Waals surface area contributed by atoms with E-state index >= 15 is 0 Å². The number of hydrogen-bond donors (Lipinski definition) is 4. The third-order valence-corrected chi connectivity index (χ3v) is 1.67. The summed E-state index contributed by atoms with van der Waals surface area (Å²) in [6.07, 6.45) is -1.85. The second-order valence-electron chi connectivity index (χ2n) is 2.62. The molecule has 0 aliphatic carbocycles. The van der Waals surface area contributed by atoms with Crippen LogP contribution in [0.4, 0.5) is 0 Å². The van der Waals surface area contributed by atoms with Crippen LogP contribution in [0.15, 0.2) is 11.8 Å². The van der Waals surface area contributed by atoms with Crippen LogP contribution in [0, 0.1) is 0 Å². The fourth-order valence-electron chi connectivity index (χ4n) is 1.07. The SMILES string of the molecule is OCCC(O)[C@H]1OC(O)C=C1O. The molecule has 12 heavy (non-hydrogen) atoms. The van der Waals surface area contributed by atoms with E-state index in [4.69, 9.17) is 20.1 Å². The first kappa shape index (κ1) is 9.47. The summed E-state index contributed by atoms with van der Waals surface area (Å²) in [7, 11) is 0. The molecule has 0 saturated heterocycles. The Kier molecular flexibility index (Phi) is 3.05. The van der Waals surface area contributed by atoms with Gasteiger partial charge in [0.15, 0.2) is 6.29 Å². The highest BCUT2D eigenvalue weighted by atomic mass is 16.6. The maximum absolute atomic E-state index is 9.24. The first-order chi connectivity index (χ1) is 5.65. The lowest BCUT2D eigenvalue weighted by Crippen LogP contribution is -2.30. The summed E-state index contributed by atoms with van der Waals surface area (Å²) in [5.74, 6) is -0.191. The predicted molar refractivity (Wildman–Crippen MR) is 39.3 cm³/mol. The average molecular weight is 176 g/mol. The van der Waals surface area contributed by atoms with E-state index in [1.54, 1.807) is 0 Å². The molecule has 0 saturated carbocycles. The van der Waals surface area contributed by atoms with Crippen molar-refractivity contribution in [2.24, 2.45) is 0 Å². The van der Waals surface area contributed by atoms with Crippen LogP contribution >= 0.6 is 0 Å². The first-order valence-corrected chi connectivity index (χ1v) is 3.68. The maximum atomic E-state index is 9.24. The van der Waals surface area contributed by atoms with Crippen LogP contribution in [0.1, 0.15) is 6.42 Å². The number of hydrogen-bond acceptors (Lipinski definition) is 5.